The first-order valence-electron chi connectivity index (χ1n) is 4.87. The summed E-state index contributed by atoms with van der Waals surface area (Å²) in [6, 6.07) is 5.35. The minimum absolute atomic E-state index is 0.105. The van der Waals surface area contributed by atoms with Gasteiger partial charge >= 0.3 is 7.05 Å². The quantitative estimate of drug-likeness (QED) is 0.324. The minimum atomic E-state index is -1.79. The molecule has 7 nitrogen and oxygen atoms in total. The fourth-order valence-corrected chi connectivity index (χ4v) is 1.20. The number of carbonyl (C=O) groups is 1. The highest BCUT2D eigenvalue weighted by Gasteiger charge is 2.32. The third-order valence-corrected chi connectivity index (χ3v) is 2.07. The van der Waals surface area contributed by atoms with E-state index in [1.54, 1.807) is 0 Å². The van der Waals surface area contributed by atoms with Gasteiger partial charge in [0.1, 0.15) is 0 Å². The number of rotatable bonds is 5. The van der Waals surface area contributed by atoms with Crippen LogP contribution in [0.4, 0.5) is 0 Å². The van der Waals surface area contributed by atoms with Crippen LogP contribution in [-0.2, 0) is 0 Å². The standard InChI is InChI=1S/C9H11BN2O5/c13-6-5-11-9(14)7-1-3-8(4-2-7)10(15)12(16)17/h1-4,13,15H,5-6H2,(H,11,14). The lowest BCUT2D eigenvalue weighted by molar-refractivity contribution is -0.344. The molecule has 0 saturated heterocycles. The fraction of sp³-hybridized carbons (Fsp3) is 0.222. The summed E-state index contributed by atoms with van der Waals surface area (Å²) >= 11 is 0. The molecule has 1 rings (SSSR count). The molecule has 1 aromatic rings. The zero-order valence-corrected chi connectivity index (χ0v) is 8.87. The van der Waals surface area contributed by atoms with Crippen molar-refractivity contribution in [3.8, 4) is 0 Å². The number of nitro groups is 1. The normalized spacial score (nSPS) is 9.76. The second-order valence-electron chi connectivity index (χ2n) is 3.26. The SMILES string of the molecule is O=C(NCCO)c1ccc(B(O)[N+](=O)[O-])cc1. The number of carbonyl (C=O) groups excluding carboxylic acids is 1. The molecule has 8 heteroatoms. The molecule has 0 aliphatic rings. The molecule has 0 atom stereocenters. The Morgan fingerprint density at radius 1 is 1.41 bits per heavy atom. The van der Waals surface area contributed by atoms with Crippen molar-refractivity contribution in [3.63, 3.8) is 0 Å². The monoisotopic (exact) mass is 238 g/mol. The lowest BCUT2D eigenvalue weighted by Gasteiger charge is -2.03. The van der Waals surface area contributed by atoms with Crippen LogP contribution in [-0.4, -0.2) is 41.1 Å². The number of hydrogen-bond acceptors (Lipinski definition) is 5. The van der Waals surface area contributed by atoms with E-state index in [2.05, 4.69) is 5.32 Å². The van der Waals surface area contributed by atoms with Crippen LogP contribution in [0, 0.1) is 10.1 Å². The lowest BCUT2D eigenvalue weighted by Crippen LogP contribution is -2.38. The number of aliphatic hydroxyl groups is 1. The van der Waals surface area contributed by atoms with Crippen molar-refractivity contribution in [2.75, 3.05) is 13.2 Å². The molecule has 0 heterocycles. The summed E-state index contributed by atoms with van der Waals surface area (Å²) in [5, 5.41) is 30.4. The number of nitrogens with one attached hydrogen (secondary N) is 1. The first-order chi connectivity index (χ1) is 8.06. The van der Waals surface area contributed by atoms with Crippen LogP contribution in [0.15, 0.2) is 24.3 Å². The van der Waals surface area contributed by atoms with E-state index in [1.807, 2.05) is 0 Å². The van der Waals surface area contributed by atoms with Gasteiger partial charge in [-0.15, -0.1) is 0 Å². The van der Waals surface area contributed by atoms with Crippen molar-refractivity contribution < 1.29 is 19.8 Å². The molecular formula is C9H11BN2O5. The third-order valence-electron chi connectivity index (χ3n) is 2.07. The van der Waals surface area contributed by atoms with Gasteiger partial charge in [0.25, 0.3) is 5.91 Å². The predicted molar refractivity (Wildman–Crippen MR) is 60.5 cm³/mol. The largest absolute Gasteiger partial charge is 0.747 e. The Hall–Kier alpha value is -1.93. The van der Waals surface area contributed by atoms with E-state index in [-0.39, 0.29) is 24.5 Å². The van der Waals surface area contributed by atoms with Crippen LogP contribution < -0.4 is 10.8 Å². The minimum Gasteiger partial charge on any atom is -0.395 e. The molecule has 0 spiro atoms. The summed E-state index contributed by atoms with van der Waals surface area (Å²) in [5.41, 5.74) is 0.409. The molecule has 0 radical (unpaired) electrons. The Morgan fingerprint density at radius 2 is 2.00 bits per heavy atom. The Bertz CT molecular complexity index is 408. The smallest absolute Gasteiger partial charge is 0.395 e. The number of amides is 1. The van der Waals surface area contributed by atoms with E-state index < -0.39 is 11.9 Å². The first-order valence-corrected chi connectivity index (χ1v) is 4.87. The van der Waals surface area contributed by atoms with E-state index >= 15 is 0 Å². The molecule has 0 saturated carbocycles. The Kier molecular flexibility index (Phi) is 4.62. The van der Waals surface area contributed by atoms with Gasteiger partial charge in [-0.25, -0.2) is 0 Å². The van der Waals surface area contributed by atoms with Crippen molar-refractivity contribution in [3.05, 3.63) is 39.9 Å². The van der Waals surface area contributed by atoms with Gasteiger partial charge < -0.3 is 15.4 Å². The van der Waals surface area contributed by atoms with Crippen LogP contribution in [0.25, 0.3) is 0 Å². The van der Waals surface area contributed by atoms with Gasteiger partial charge in [0, 0.05) is 17.6 Å². The highest BCUT2D eigenvalue weighted by atomic mass is 16.6. The summed E-state index contributed by atoms with van der Waals surface area (Å²) in [4.78, 5) is 20.9. The van der Waals surface area contributed by atoms with E-state index in [9.17, 15) is 14.9 Å². The van der Waals surface area contributed by atoms with Crippen LogP contribution in [0.5, 0.6) is 0 Å². The average molecular weight is 238 g/mol. The highest BCUT2D eigenvalue weighted by molar-refractivity contribution is 6.58. The Labute approximate surface area is 97.4 Å². The van der Waals surface area contributed by atoms with E-state index in [1.165, 1.54) is 24.3 Å². The zero-order valence-electron chi connectivity index (χ0n) is 8.87. The number of nitrogens with zero attached hydrogens (tertiary/aromatic N) is 1. The van der Waals surface area contributed by atoms with Crippen molar-refractivity contribution in [1.29, 1.82) is 0 Å². The molecular weight excluding hydrogens is 227 g/mol. The molecule has 0 aliphatic carbocycles. The summed E-state index contributed by atoms with van der Waals surface area (Å²) in [6.07, 6.45) is 0. The molecule has 0 fully saturated rings. The van der Waals surface area contributed by atoms with Gasteiger partial charge in [0.05, 0.1) is 6.61 Å². The molecule has 0 bridgehead atoms. The van der Waals surface area contributed by atoms with Gasteiger partial charge in [-0.3, -0.25) is 14.9 Å². The summed E-state index contributed by atoms with van der Waals surface area (Å²) < 4.78 is 0. The maximum atomic E-state index is 11.4. The predicted octanol–water partition coefficient (Wildman–Crippen LogP) is -1.63. The van der Waals surface area contributed by atoms with Crippen molar-refractivity contribution in [2.45, 2.75) is 0 Å². The van der Waals surface area contributed by atoms with Gasteiger partial charge in [0.15, 0.2) is 0 Å². The van der Waals surface area contributed by atoms with Crippen LogP contribution in [0.3, 0.4) is 0 Å². The molecule has 90 valence electrons. The van der Waals surface area contributed by atoms with Gasteiger partial charge in [0.2, 0.25) is 0 Å². The van der Waals surface area contributed by atoms with Gasteiger partial charge in [-0.2, -0.15) is 0 Å². The van der Waals surface area contributed by atoms with Gasteiger partial charge in [-0.05, 0) is 17.0 Å². The van der Waals surface area contributed by atoms with E-state index in [4.69, 9.17) is 10.1 Å². The third kappa shape index (κ3) is 3.54. The van der Waals surface area contributed by atoms with Crippen molar-refractivity contribution in [2.24, 2.45) is 0 Å². The van der Waals surface area contributed by atoms with E-state index in [0.29, 0.717) is 5.56 Å². The Morgan fingerprint density at radius 3 is 2.47 bits per heavy atom. The van der Waals surface area contributed by atoms with Gasteiger partial charge in [-0.1, -0.05) is 12.1 Å². The highest BCUT2D eigenvalue weighted by Crippen LogP contribution is 1.97. The molecule has 0 aromatic heterocycles. The summed E-state index contributed by atoms with van der Waals surface area (Å²) in [7, 11) is -1.79. The van der Waals surface area contributed by atoms with E-state index in [0.717, 1.165) is 0 Å². The fourth-order valence-electron chi connectivity index (χ4n) is 1.20. The second-order valence-corrected chi connectivity index (χ2v) is 3.26. The van der Waals surface area contributed by atoms with Crippen LogP contribution in [0.1, 0.15) is 10.4 Å². The average Bonchev–Trinajstić information content (AvgIpc) is 2.35. The van der Waals surface area contributed by atoms with Crippen molar-refractivity contribution >= 4 is 18.4 Å². The second kappa shape index (κ2) is 5.97. The topological polar surface area (TPSA) is 113 Å². The molecule has 0 unspecified atom stereocenters. The molecule has 0 aliphatic heterocycles. The van der Waals surface area contributed by atoms with Crippen LogP contribution in [0.2, 0.25) is 0 Å². The first kappa shape index (κ1) is 13.1. The molecule has 1 amide bonds. The Balaban J connectivity index is 2.74. The van der Waals surface area contributed by atoms with Crippen LogP contribution >= 0.6 is 0 Å². The van der Waals surface area contributed by atoms with Crippen molar-refractivity contribution in [1.82, 2.24) is 5.32 Å². The molecule has 3 N–H and O–H groups in total. The molecule has 1 aromatic carbocycles. The maximum Gasteiger partial charge on any atom is 0.747 e. The lowest BCUT2D eigenvalue weighted by atomic mass is 9.75. The summed E-state index contributed by atoms with van der Waals surface area (Å²) in [6.45, 7) is -0.0258. The maximum absolute atomic E-state index is 11.4. The number of aliphatic hydroxyl groups excluding tert-OH is 1. The molecule has 17 heavy (non-hydrogen) atoms. The zero-order chi connectivity index (χ0) is 12.8. The number of benzene rings is 1. The summed E-state index contributed by atoms with van der Waals surface area (Å²) in [5.74, 6) is -0.388. The number of hydrogen-bond donors (Lipinski definition) is 3.